The van der Waals surface area contributed by atoms with Crippen LogP contribution < -0.4 is 5.32 Å². The maximum atomic E-state index is 6.40. The summed E-state index contributed by atoms with van der Waals surface area (Å²) in [4.78, 5) is 4.62. The Kier molecular flexibility index (Phi) is 5.55. The zero-order chi connectivity index (χ0) is 18.5. The van der Waals surface area contributed by atoms with Gasteiger partial charge in [0.05, 0.1) is 0 Å². The molecule has 3 heteroatoms. The van der Waals surface area contributed by atoms with Crippen LogP contribution in [0.1, 0.15) is 5.56 Å². The van der Waals surface area contributed by atoms with Crippen LogP contribution in [0, 0.1) is 6.92 Å². The van der Waals surface area contributed by atoms with Gasteiger partial charge in [-0.25, -0.2) is 4.98 Å². The topological polar surface area (TPSA) is 24.9 Å². The van der Waals surface area contributed by atoms with Gasteiger partial charge in [-0.05, 0) is 34.6 Å². The first-order valence-electron chi connectivity index (χ1n) is 8.48. The first-order chi connectivity index (χ1) is 12.7. The Morgan fingerprint density at radius 3 is 2.58 bits per heavy atom. The third-order valence-corrected chi connectivity index (χ3v) is 4.73. The van der Waals surface area contributed by atoms with E-state index >= 15 is 0 Å². The van der Waals surface area contributed by atoms with Crippen molar-refractivity contribution in [2.45, 2.75) is 6.92 Å². The molecule has 0 fully saturated rings. The SMILES string of the molecule is C=C/C=C(\C=C)CNc1nc(Cl)c(C)c2cccc(-c3ccccc3)c12. The van der Waals surface area contributed by atoms with E-state index in [-0.39, 0.29) is 0 Å². The summed E-state index contributed by atoms with van der Waals surface area (Å²) in [6.45, 7) is 10.2. The molecule has 3 rings (SSSR count). The summed E-state index contributed by atoms with van der Waals surface area (Å²) < 4.78 is 0. The number of fused-ring (bicyclic) bond motifs is 1. The van der Waals surface area contributed by atoms with Crippen molar-refractivity contribution in [3.05, 3.63) is 96.2 Å². The number of aryl methyl sites for hydroxylation is 1. The molecule has 1 heterocycles. The molecule has 0 saturated carbocycles. The Morgan fingerprint density at radius 2 is 1.88 bits per heavy atom. The monoisotopic (exact) mass is 360 g/mol. The summed E-state index contributed by atoms with van der Waals surface area (Å²) >= 11 is 6.40. The highest BCUT2D eigenvalue weighted by atomic mass is 35.5. The quantitative estimate of drug-likeness (QED) is 0.397. The smallest absolute Gasteiger partial charge is 0.136 e. The number of rotatable bonds is 6. The summed E-state index contributed by atoms with van der Waals surface area (Å²) in [5.74, 6) is 0.770. The van der Waals surface area contributed by atoms with Crippen molar-refractivity contribution >= 4 is 28.2 Å². The van der Waals surface area contributed by atoms with E-state index in [9.17, 15) is 0 Å². The Hall–Kier alpha value is -2.84. The van der Waals surface area contributed by atoms with Gasteiger partial charge in [-0.1, -0.05) is 91.5 Å². The molecule has 1 N–H and O–H groups in total. The second-order valence-electron chi connectivity index (χ2n) is 6.01. The molecule has 0 unspecified atom stereocenters. The standard InChI is InChI=1S/C23H21ClN2/c1-4-10-17(5-2)15-25-23-21-19(16(3)22(24)26-23)13-9-14-20(21)18-11-7-6-8-12-18/h4-14H,1-2,15H2,3H3,(H,25,26)/b17-10+. The van der Waals surface area contributed by atoms with Crippen molar-refractivity contribution in [2.75, 3.05) is 11.9 Å². The maximum absolute atomic E-state index is 6.40. The van der Waals surface area contributed by atoms with Gasteiger partial charge in [-0.15, -0.1) is 0 Å². The molecule has 0 aliphatic heterocycles. The second kappa shape index (κ2) is 8.03. The molecule has 0 bridgehead atoms. The lowest BCUT2D eigenvalue weighted by molar-refractivity contribution is 1.20. The maximum Gasteiger partial charge on any atom is 0.136 e. The van der Waals surface area contributed by atoms with Gasteiger partial charge in [0.15, 0.2) is 0 Å². The summed E-state index contributed by atoms with van der Waals surface area (Å²) in [5.41, 5.74) is 4.29. The van der Waals surface area contributed by atoms with Gasteiger partial charge >= 0.3 is 0 Å². The van der Waals surface area contributed by atoms with Crippen LogP contribution >= 0.6 is 11.6 Å². The van der Waals surface area contributed by atoms with Crippen molar-refractivity contribution in [1.29, 1.82) is 0 Å². The highest BCUT2D eigenvalue weighted by Crippen LogP contribution is 2.36. The summed E-state index contributed by atoms with van der Waals surface area (Å²) in [7, 11) is 0. The summed E-state index contributed by atoms with van der Waals surface area (Å²) in [5, 5.41) is 6.10. The Morgan fingerprint density at radius 1 is 1.12 bits per heavy atom. The number of nitrogens with zero attached hydrogens (tertiary/aromatic N) is 1. The van der Waals surface area contributed by atoms with Gasteiger partial charge in [0, 0.05) is 11.9 Å². The second-order valence-corrected chi connectivity index (χ2v) is 6.36. The van der Waals surface area contributed by atoms with E-state index in [1.54, 1.807) is 6.08 Å². The van der Waals surface area contributed by atoms with E-state index < -0.39 is 0 Å². The average molecular weight is 361 g/mol. The van der Waals surface area contributed by atoms with Crippen molar-refractivity contribution < 1.29 is 0 Å². The average Bonchev–Trinajstić information content (AvgIpc) is 2.68. The molecular formula is C23H21ClN2. The van der Waals surface area contributed by atoms with Crippen LogP contribution in [-0.2, 0) is 0 Å². The lowest BCUT2D eigenvalue weighted by Crippen LogP contribution is -2.07. The van der Waals surface area contributed by atoms with E-state index in [0.717, 1.165) is 38.9 Å². The summed E-state index contributed by atoms with van der Waals surface area (Å²) in [6.07, 6.45) is 5.49. The van der Waals surface area contributed by atoms with Gasteiger partial charge in [0.2, 0.25) is 0 Å². The normalized spacial score (nSPS) is 11.4. The number of nitrogens with one attached hydrogen (secondary N) is 1. The molecule has 2 nitrogen and oxygen atoms in total. The number of halogens is 1. The number of hydrogen-bond acceptors (Lipinski definition) is 2. The van der Waals surface area contributed by atoms with Crippen molar-refractivity contribution in [1.82, 2.24) is 4.98 Å². The lowest BCUT2D eigenvalue weighted by atomic mass is 9.97. The van der Waals surface area contributed by atoms with Gasteiger partial charge in [-0.2, -0.15) is 0 Å². The van der Waals surface area contributed by atoms with E-state index in [0.29, 0.717) is 11.7 Å². The molecule has 0 spiro atoms. The van der Waals surface area contributed by atoms with Gasteiger partial charge in [0.25, 0.3) is 0 Å². The van der Waals surface area contributed by atoms with Crippen molar-refractivity contribution in [3.8, 4) is 11.1 Å². The third kappa shape index (κ3) is 3.56. The number of anilines is 1. The van der Waals surface area contributed by atoms with Crippen LogP contribution in [0.5, 0.6) is 0 Å². The zero-order valence-corrected chi connectivity index (χ0v) is 15.6. The minimum Gasteiger partial charge on any atom is -0.365 e. The molecule has 0 aliphatic carbocycles. The fourth-order valence-corrected chi connectivity index (χ4v) is 3.18. The molecule has 3 aromatic rings. The van der Waals surface area contributed by atoms with Crippen LogP contribution in [-0.4, -0.2) is 11.5 Å². The molecule has 130 valence electrons. The number of allylic oxidation sites excluding steroid dienone is 2. The fraction of sp³-hybridized carbons (Fsp3) is 0.0870. The first kappa shape index (κ1) is 18.0. The van der Waals surface area contributed by atoms with Gasteiger partial charge in [-0.3, -0.25) is 0 Å². The largest absolute Gasteiger partial charge is 0.365 e. The van der Waals surface area contributed by atoms with Crippen LogP contribution in [0.2, 0.25) is 5.15 Å². The van der Waals surface area contributed by atoms with Gasteiger partial charge < -0.3 is 5.32 Å². The Labute approximate surface area is 159 Å². The predicted octanol–water partition coefficient (Wildman–Crippen LogP) is 6.57. The van der Waals surface area contributed by atoms with E-state index in [4.69, 9.17) is 11.6 Å². The molecule has 26 heavy (non-hydrogen) atoms. The molecule has 0 amide bonds. The van der Waals surface area contributed by atoms with E-state index in [2.05, 4.69) is 53.8 Å². The molecule has 0 saturated heterocycles. The molecule has 0 radical (unpaired) electrons. The molecule has 0 atom stereocenters. The van der Waals surface area contributed by atoms with Crippen LogP contribution in [0.3, 0.4) is 0 Å². The molecular weight excluding hydrogens is 340 g/mol. The highest BCUT2D eigenvalue weighted by molar-refractivity contribution is 6.31. The number of pyridine rings is 1. The third-order valence-electron chi connectivity index (χ3n) is 4.36. The Balaban J connectivity index is 2.18. The number of benzene rings is 2. The minimum atomic E-state index is 0.512. The number of aromatic nitrogens is 1. The van der Waals surface area contributed by atoms with Crippen molar-refractivity contribution in [3.63, 3.8) is 0 Å². The fourth-order valence-electron chi connectivity index (χ4n) is 2.99. The predicted molar refractivity (Wildman–Crippen MR) is 114 cm³/mol. The molecule has 1 aromatic heterocycles. The molecule has 2 aromatic carbocycles. The Bertz CT molecular complexity index is 988. The van der Waals surface area contributed by atoms with Crippen LogP contribution in [0.15, 0.2) is 85.5 Å². The highest BCUT2D eigenvalue weighted by Gasteiger charge is 2.14. The summed E-state index contributed by atoms with van der Waals surface area (Å²) in [6, 6.07) is 16.6. The van der Waals surface area contributed by atoms with Crippen LogP contribution in [0.25, 0.3) is 21.9 Å². The van der Waals surface area contributed by atoms with E-state index in [1.165, 1.54) is 0 Å². The zero-order valence-electron chi connectivity index (χ0n) is 14.8. The van der Waals surface area contributed by atoms with Crippen molar-refractivity contribution in [2.24, 2.45) is 0 Å². The first-order valence-corrected chi connectivity index (χ1v) is 8.85. The van der Waals surface area contributed by atoms with Crippen LogP contribution in [0.4, 0.5) is 5.82 Å². The van der Waals surface area contributed by atoms with E-state index in [1.807, 2.05) is 37.3 Å². The lowest BCUT2D eigenvalue weighted by Gasteiger charge is -2.16. The number of hydrogen-bond donors (Lipinski definition) is 1. The van der Waals surface area contributed by atoms with Gasteiger partial charge in [0.1, 0.15) is 11.0 Å². The minimum absolute atomic E-state index is 0.512. The molecule has 0 aliphatic rings.